The van der Waals surface area contributed by atoms with Gasteiger partial charge in [-0.3, -0.25) is 4.68 Å². The predicted octanol–water partition coefficient (Wildman–Crippen LogP) is 3.70. The van der Waals surface area contributed by atoms with Crippen LogP contribution in [0.15, 0.2) is 24.3 Å². The van der Waals surface area contributed by atoms with Gasteiger partial charge in [-0.25, -0.2) is 9.18 Å². The van der Waals surface area contributed by atoms with E-state index >= 15 is 0 Å². The van der Waals surface area contributed by atoms with Gasteiger partial charge in [0.25, 0.3) is 0 Å². The standard InChI is InChI=1S/C18H19FN2O2/c1-2-18-8-7-12(9-18)16-14(18)15(17(22)23)20-21(16)10-11-3-5-13(19)6-4-11/h3-6,12H,2,7-10H2,1H3,(H,22,23). The summed E-state index contributed by atoms with van der Waals surface area (Å²) in [6, 6.07) is 6.31. The summed E-state index contributed by atoms with van der Waals surface area (Å²) in [6.45, 7) is 2.63. The molecule has 1 aromatic carbocycles. The van der Waals surface area contributed by atoms with Gasteiger partial charge in [0, 0.05) is 17.2 Å². The third-order valence-corrected chi connectivity index (χ3v) is 5.64. The van der Waals surface area contributed by atoms with Crippen molar-refractivity contribution in [1.82, 2.24) is 9.78 Å². The van der Waals surface area contributed by atoms with Crippen LogP contribution < -0.4 is 0 Å². The van der Waals surface area contributed by atoms with Crippen LogP contribution in [0.25, 0.3) is 0 Å². The molecule has 2 atom stereocenters. The Morgan fingerprint density at radius 2 is 2.17 bits per heavy atom. The Kier molecular flexibility index (Phi) is 3.08. The molecule has 1 saturated carbocycles. The van der Waals surface area contributed by atoms with E-state index in [1.165, 1.54) is 12.1 Å². The van der Waals surface area contributed by atoms with Crippen molar-refractivity contribution in [2.24, 2.45) is 0 Å². The molecule has 1 aromatic heterocycles. The Balaban J connectivity index is 1.81. The number of hydrogen-bond donors (Lipinski definition) is 1. The number of carbonyl (C=O) groups is 1. The van der Waals surface area contributed by atoms with Crippen LogP contribution in [-0.4, -0.2) is 20.9 Å². The molecule has 0 spiro atoms. The molecule has 4 rings (SSSR count). The summed E-state index contributed by atoms with van der Waals surface area (Å²) in [5.41, 5.74) is 3.20. The molecule has 1 fully saturated rings. The number of hydrogen-bond acceptors (Lipinski definition) is 2. The molecular weight excluding hydrogens is 295 g/mol. The van der Waals surface area contributed by atoms with Crippen molar-refractivity contribution in [2.45, 2.75) is 50.5 Å². The van der Waals surface area contributed by atoms with E-state index in [1.54, 1.807) is 12.1 Å². The van der Waals surface area contributed by atoms with Gasteiger partial charge in [0.2, 0.25) is 0 Å². The molecule has 1 N–H and O–H groups in total. The molecule has 1 heterocycles. The lowest BCUT2D eigenvalue weighted by Gasteiger charge is -2.25. The molecule has 0 aliphatic heterocycles. The lowest BCUT2D eigenvalue weighted by Crippen LogP contribution is -2.22. The predicted molar refractivity (Wildman–Crippen MR) is 83.2 cm³/mol. The summed E-state index contributed by atoms with van der Waals surface area (Å²) in [5.74, 6) is -0.805. The second-order valence-corrected chi connectivity index (χ2v) is 6.77. The molecule has 0 saturated heterocycles. The quantitative estimate of drug-likeness (QED) is 0.936. The SMILES string of the molecule is CCC12CCC(C1)c1c2c(C(=O)O)nn1Cc1ccc(F)cc1. The lowest BCUT2D eigenvalue weighted by atomic mass is 9.78. The first kappa shape index (κ1) is 14.4. The van der Waals surface area contributed by atoms with E-state index in [0.29, 0.717) is 12.5 Å². The van der Waals surface area contributed by atoms with Crippen LogP contribution in [-0.2, 0) is 12.0 Å². The summed E-state index contributed by atoms with van der Waals surface area (Å²) >= 11 is 0. The highest BCUT2D eigenvalue weighted by atomic mass is 19.1. The Labute approximate surface area is 133 Å². The molecule has 4 nitrogen and oxygen atoms in total. The fourth-order valence-corrected chi connectivity index (χ4v) is 4.53. The van der Waals surface area contributed by atoms with Crippen LogP contribution in [0.3, 0.4) is 0 Å². The number of aromatic nitrogens is 2. The molecule has 2 bridgehead atoms. The van der Waals surface area contributed by atoms with Crippen LogP contribution in [0.1, 0.15) is 65.8 Å². The average Bonchev–Trinajstić information content (AvgIpc) is 3.20. The molecule has 2 aliphatic rings. The third kappa shape index (κ3) is 2.02. The fourth-order valence-electron chi connectivity index (χ4n) is 4.53. The molecule has 5 heteroatoms. The molecule has 0 amide bonds. The Hall–Kier alpha value is -2.17. The number of nitrogens with zero attached hydrogens (tertiary/aromatic N) is 2. The second kappa shape index (κ2) is 4.91. The van der Waals surface area contributed by atoms with Gasteiger partial charge in [0.05, 0.1) is 6.54 Å². The summed E-state index contributed by atoms with van der Waals surface area (Å²) in [6.07, 6.45) is 4.16. The summed E-state index contributed by atoms with van der Waals surface area (Å²) in [5, 5.41) is 14.0. The first-order valence-electron chi connectivity index (χ1n) is 8.13. The van der Waals surface area contributed by atoms with Crippen molar-refractivity contribution in [1.29, 1.82) is 0 Å². The first-order chi connectivity index (χ1) is 11.0. The van der Waals surface area contributed by atoms with E-state index < -0.39 is 5.97 Å². The van der Waals surface area contributed by atoms with Crippen molar-refractivity contribution < 1.29 is 14.3 Å². The van der Waals surface area contributed by atoms with Crippen molar-refractivity contribution in [2.75, 3.05) is 0 Å². The Bertz CT molecular complexity index is 781. The number of carboxylic acid groups (broad SMARTS) is 1. The van der Waals surface area contributed by atoms with Crippen LogP contribution in [0.5, 0.6) is 0 Å². The van der Waals surface area contributed by atoms with Gasteiger partial charge in [-0.15, -0.1) is 0 Å². The highest BCUT2D eigenvalue weighted by Crippen LogP contribution is 2.59. The van der Waals surface area contributed by atoms with Crippen LogP contribution in [0, 0.1) is 5.82 Å². The zero-order chi connectivity index (χ0) is 16.2. The van der Waals surface area contributed by atoms with Crippen molar-refractivity contribution in [3.8, 4) is 0 Å². The van der Waals surface area contributed by atoms with Gasteiger partial charge in [-0.1, -0.05) is 19.1 Å². The first-order valence-corrected chi connectivity index (χ1v) is 8.13. The third-order valence-electron chi connectivity index (χ3n) is 5.64. The van der Waals surface area contributed by atoms with Crippen LogP contribution in [0.2, 0.25) is 0 Å². The second-order valence-electron chi connectivity index (χ2n) is 6.77. The van der Waals surface area contributed by atoms with Gasteiger partial charge in [-0.2, -0.15) is 5.10 Å². The van der Waals surface area contributed by atoms with E-state index in [2.05, 4.69) is 12.0 Å². The minimum Gasteiger partial charge on any atom is -0.476 e. The Morgan fingerprint density at radius 1 is 1.43 bits per heavy atom. The van der Waals surface area contributed by atoms with Gasteiger partial charge in [-0.05, 0) is 48.8 Å². The minimum absolute atomic E-state index is 0.00519. The molecule has 0 radical (unpaired) electrons. The molecule has 2 aromatic rings. The van der Waals surface area contributed by atoms with Crippen LogP contribution in [0.4, 0.5) is 4.39 Å². The average molecular weight is 314 g/mol. The Morgan fingerprint density at radius 3 is 2.83 bits per heavy atom. The van der Waals surface area contributed by atoms with E-state index in [4.69, 9.17) is 0 Å². The molecule has 23 heavy (non-hydrogen) atoms. The monoisotopic (exact) mass is 314 g/mol. The van der Waals surface area contributed by atoms with Crippen molar-refractivity contribution in [3.05, 3.63) is 52.6 Å². The topological polar surface area (TPSA) is 55.1 Å². The highest BCUT2D eigenvalue weighted by Gasteiger charge is 2.52. The summed E-state index contributed by atoms with van der Waals surface area (Å²) in [4.78, 5) is 11.7. The molecule has 2 unspecified atom stereocenters. The fraction of sp³-hybridized carbons (Fsp3) is 0.444. The number of halogens is 1. The van der Waals surface area contributed by atoms with Crippen molar-refractivity contribution >= 4 is 5.97 Å². The zero-order valence-corrected chi connectivity index (χ0v) is 13.1. The number of fused-ring (bicyclic) bond motifs is 5. The minimum atomic E-state index is -0.945. The number of benzene rings is 1. The van der Waals surface area contributed by atoms with Gasteiger partial charge < -0.3 is 5.11 Å². The lowest BCUT2D eigenvalue weighted by molar-refractivity contribution is 0.0686. The zero-order valence-electron chi connectivity index (χ0n) is 13.1. The highest BCUT2D eigenvalue weighted by molar-refractivity contribution is 5.88. The number of aromatic carboxylic acids is 1. The largest absolute Gasteiger partial charge is 0.476 e. The maximum absolute atomic E-state index is 13.1. The smallest absolute Gasteiger partial charge is 0.356 e. The number of carboxylic acids is 1. The maximum Gasteiger partial charge on any atom is 0.356 e. The normalized spacial score (nSPS) is 24.9. The van der Waals surface area contributed by atoms with Gasteiger partial charge >= 0.3 is 5.97 Å². The number of rotatable bonds is 4. The summed E-state index contributed by atoms with van der Waals surface area (Å²) < 4.78 is 14.9. The molecule has 2 aliphatic carbocycles. The summed E-state index contributed by atoms with van der Waals surface area (Å²) in [7, 11) is 0. The van der Waals surface area contributed by atoms with E-state index in [9.17, 15) is 14.3 Å². The molecule has 120 valence electrons. The molecular formula is C18H19FN2O2. The van der Waals surface area contributed by atoms with Gasteiger partial charge in [0.15, 0.2) is 5.69 Å². The van der Waals surface area contributed by atoms with E-state index in [0.717, 1.165) is 42.5 Å². The maximum atomic E-state index is 13.1. The van der Waals surface area contributed by atoms with Crippen molar-refractivity contribution in [3.63, 3.8) is 0 Å². The van der Waals surface area contributed by atoms with Gasteiger partial charge in [0.1, 0.15) is 5.82 Å². The van der Waals surface area contributed by atoms with E-state index in [-0.39, 0.29) is 16.9 Å². The van der Waals surface area contributed by atoms with Crippen LogP contribution >= 0.6 is 0 Å². The van der Waals surface area contributed by atoms with E-state index in [1.807, 2.05) is 4.68 Å².